The molecule has 0 aliphatic carbocycles. The van der Waals surface area contributed by atoms with E-state index in [1.54, 1.807) is 19.1 Å². The van der Waals surface area contributed by atoms with Crippen LogP contribution < -0.4 is 16.2 Å². The summed E-state index contributed by atoms with van der Waals surface area (Å²) in [7, 11) is 0. The van der Waals surface area contributed by atoms with E-state index >= 15 is 0 Å². The fraction of sp³-hybridized carbons (Fsp3) is 0.100. The predicted molar refractivity (Wildman–Crippen MR) is 102 cm³/mol. The number of amides is 3. The molecule has 0 bridgehead atoms. The molecule has 0 unspecified atom stereocenters. The van der Waals surface area contributed by atoms with E-state index in [2.05, 4.69) is 16.2 Å². The van der Waals surface area contributed by atoms with Crippen molar-refractivity contribution in [1.82, 2.24) is 10.9 Å². The highest BCUT2D eigenvalue weighted by molar-refractivity contribution is 6.03. The second-order valence-electron chi connectivity index (χ2n) is 6.02. The van der Waals surface area contributed by atoms with Gasteiger partial charge in [0.2, 0.25) is 0 Å². The molecule has 0 radical (unpaired) electrons. The van der Waals surface area contributed by atoms with E-state index in [1.165, 1.54) is 42.9 Å². The van der Waals surface area contributed by atoms with Crippen LogP contribution in [0.5, 0.6) is 0 Å². The minimum absolute atomic E-state index is 0.0103. The van der Waals surface area contributed by atoms with Crippen LogP contribution in [0.4, 0.5) is 5.69 Å². The van der Waals surface area contributed by atoms with Gasteiger partial charge in [-0.25, -0.2) is 4.79 Å². The number of nitrogens with one attached hydrogen (secondary N) is 3. The number of hydrogen-bond donors (Lipinski definition) is 3. The molecule has 3 N–H and O–H groups in total. The van der Waals surface area contributed by atoms with E-state index in [1.807, 2.05) is 0 Å². The number of esters is 1. The molecule has 1 aromatic carbocycles. The van der Waals surface area contributed by atoms with E-state index in [9.17, 15) is 19.2 Å². The summed E-state index contributed by atoms with van der Waals surface area (Å²) in [5, 5.41) is 2.64. The van der Waals surface area contributed by atoms with Crippen LogP contribution in [-0.2, 0) is 9.53 Å². The van der Waals surface area contributed by atoms with Crippen LogP contribution in [0.2, 0.25) is 0 Å². The van der Waals surface area contributed by atoms with Gasteiger partial charge in [-0.2, -0.15) is 0 Å². The van der Waals surface area contributed by atoms with Crippen molar-refractivity contribution in [1.29, 1.82) is 0 Å². The van der Waals surface area contributed by atoms with E-state index in [0.29, 0.717) is 11.3 Å². The van der Waals surface area contributed by atoms with Crippen molar-refractivity contribution in [3.8, 4) is 0 Å². The summed E-state index contributed by atoms with van der Waals surface area (Å²) in [6.07, 6.45) is 2.68. The molecule has 0 spiro atoms. The maximum atomic E-state index is 12.2. The number of ether oxygens (including phenoxy) is 1. The Kier molecular flexibility index (Phi) is 6.28. The van der Waals surface area contributed by atoms with E-state index in [0.717, 1.165) is 0 Å². The second-order valence-corrected chi connectivity index (χ2v) is 6.02. The number of rotatable bonds is 6. The SMILES string of the molecule is Cc1ccc(C(=O)OCC(=O)NNC(=O)c2ccco2)cc1NC(=O)c1ccco1. The van der Waals surface area contributed by atoms with Crippen molar-refractivity contribution < 1.29 is 32.7 Å². The molecule has 0 aliphatic heterocycles. The van der Waals surface area contributed by atoms with Gasteiger partial charge < -0.3 is 18.9 Å². The molecule has 0 saturated heterocycles. The van der Waals surface area contributed by atoms with Gasteiger partial charge in [-0.15, -0.1) is 0 Å². The fourth-order valence-corrected chi connectivity index (χ4v) is 2.32. The van der Waals surface area contributed by atoms with Crippen molar-refractivity contribution in [2.24, 2.45) is 0 Å². The number of benzene rings is 1. The first-order valence-corrected chi connectivity index (χ1v) is 8.69. The van der Waals surface area contributed by atoms with E-state index in [4.69, 9.17) is 13.6 Å². The number of aryl methyl sites for hydroxylation is 1. The van der Waals surface area contributed by atoms with Crippen LogP contribution in [-0.4, -0.2) is 30.3 Å². The standard InChI is InChI=1S/C20H17N3O7/c1-12-6-7-13(10-14(12)21-18(25)15-4-2-8-28-15)20(27)30-11-17(24)22-23-19(26)16-5-3-9-29-16/h2-10H,11H2,1H3,(H,21,25)(H,22,24)(H,23,26). The summed E-state index contributed by atoms with van der Waals surface area (Å²) in [6.45, 7) is 1.13. The van der Waals surface area contributed by atoms with Gasteiger partial charge in [0.1, 0.15) is 0 Å². The summed E-state index contributed by atoms with van der Waals surface area (Å²) in [5.41, 5.74) is 5.45. The highest BCUT2D eigenvalue weighted by Crippen LogP contribution is 2.19. The smallest absolute Gasteiger partial charge is 0.338 e. The average Bonchev–Trinajstić information content (AvgIpc) is 3.45. The Hall–Kier alpha value is -4.34. The van der Waals surface area contributed by atoms with Gasteiger partial charge in [0.05, 0.1) is 18.1 Å². The first-order valence-electron chi connectivity index (χ1n) is 8.69. The van der Waals surface area contributed by atoms with Crippen molar-refractivity contribution in [2.45, 2.75) is 6.92 Å². The van der Waals surface area contributed by atoms with Gasteiger partial charge in [-0.05, 0) is 48.9 Å². The predicted octanol–water partition coefficient (Wildman–Crippen LogP) is 2.05. The Morgan fingerprint density at radius 3 is 2.20 bits per heavy atom. The van der Waals surface area contributed by atoms with Gasteiger partial charge >= 0.3 is 11.9 Å². The molecular formula is C20H17N3O7. The third-order valence-electron chi connectivity index (χ3n) is 3.86. The number of carbonyl (C=O) groups is 4. The maximum absolute atomic E-state index is 12.2. The topological polar surface area (TPSA) is 140 Å². The van der Waals surface area contributed by atoms with Crippen molar-refractivity contribution in [2.75, 3.05) is 11.9 Å². The van der Waals surface area contributed by atoms with Crippen molar-refractivity contribution in [3.05, 3.63) is 77.6 Å². The summed E-state index contributed by atoms with van der Waals surface area (Å²) < 4.78 is 14.8. The summed E-state index contributed by atoms with van der Waals surface area (Å²) >= 11 is 0. The zero-order chi connectivity index (χ0) is 21.5. The monoisotopic (exact) mass is 411 g/mol. The van der Waals surface area contributed by atoms with Crippen LogP contribution in [0.3, 0.4) is 0 Å². The number of hydrogen-bond acceptors (Lipinski definition) is 7. The molecule has 10 nitrogen and oxygen atoms in total. The second kappa shape index (κ2) is 9.24. The number of anilines is 1. The zero-order valence-corrected chi connectivity index (χ0v) is 15.8. The molecule has 0 fully saturated rings. The molecule has 3 amide bonds. The van der Waals surface area contributed by atoms with Crippen molar-refractivity contribution >= 4 is 29.4 Å². The average molecular weight is 411 g/mol. The van der Waals surface area contributed by atoms with Crippen LogP contribution in [0.15, 0.2) is 63.8 Å². The Bertz CT molecular complexity index is 1060. The molecule has 2 heterocycles. The largest absolute Gasteiger partial charge is 0.459 e. The molecule has 0 atom stereocenters. The Labute approximate surface area is 170 Å². The molecule has 0 aliphatic rings. The molecule has 154 valence electrons. The zero-order valence-electron chi connectivity index (χ0n) is 15.8. The minimum atomic E-state index is -0.781. The fourth-order valence-electron chi connectivity index (χ4n) is 2.32. The normalized spacial score (nSPS) is 10.2. The van der Waals surface area contributed by atoms with E-state index < -0.39 is 30.3 Å². The van der Waals surface area contributed by atoms with Crippen LogP contribution in [0, 0.1) is 6.92 Å². The molecule has 3 rings (SSSR count). The van der Waals surface area contributed by atoms with Crippen LogP contribution in [0.1, 0.15) is 37.0 Å². The third kappa shape index (κ3) is 5.13. The van der Waals surface area contributed by atoms with Crippen LogP contribution in [0.25, 0.3) is 0 Å². The summed E-state index contributed by atoms with van der Waals surface area (Å²) in [5.74, 6) is -2.53. The lowest BCUT2D eigenvalue weighted by molar-refractivity contribution is -0.125. The van der Waals surface area contributed by atoms with Crippen LogP contribution >= 0.6 is 0 Å². The summed E-state index contributed by atoms with van der Waals surface area (Å²) in [6, 6.07) is 10.6. The first kappa shape index (κ1) is 20.4. The van der Waals surface area contributed by atoms with Crippen molar-refractivity contribution in [3.63, 3.8) is 0 Å². The Morgan fingerprint density at radius 1 is 0.900 bits per heavy atom. The van der Waals surface area contributed by atoms with Gasteiger partial charge in [0.15, 0.2) is 18.1 Å². The number of furan rings is 2. The molecule has 30 heavy (non-hydrogen) atoms. The minimum Gasteiger partial charge on any atom is -0.459 e. The van der Waals surface area contributed by atoms with Gasteiger partial charge in [0, 0.05) is 5.69 Å². The summed E-state index contributed by atoms with van der Waals surface area (Å²) in [4.78, 5) is 47.7. The molecule has 10 heteroatoms. The lowest BCUT2D eigenvalue weighted by Gasteiger charge is -2.10. The van der Waals surface area contributed by atoms with Gasteiger partial charge in [-0.1, -0.05) is 6.07 Å². The van der Waals surface area contributed by atoms with E-state index in [-0.39, 0.29) is 17.1 Å². The molecular weight excluding hydrogens is 394 g/mol. The lowest BCUT2D eigenvalue weighted by Crippen LogP contribution is -2.43. The quantitative estimate of drug-likeness (QED) is 0.416. The number of carbonyl (C=O) groups excluding carboxylic acids is 4. The lowest BCUT2D eigenvalue weighted by atomic mass is 10.1. The molecule has 2 aromatic heterocycles. The number of hydrazine groups is 1. The van der Waals surface area contributed by atoms with Gasteiger partial charge in [0.25, 0.3) is 11.8 Å². The molecule has 0 saturated carbocycles. The Morgan fingerprint density at radius 2 is 1.57 bits per heavy atom. The first-order chi connectivity index (χ1) is 14.4. The highest BCUT2D eigenvalue weighted by Gasteiger charge is 2.15. The Balaban J connectivity index is 1.53. The maximum Gasteiger partial charge on any atom is 0.338 e. The highest BCUT2D eigenvalue weighted by atomic mass is 16.5. The molecule has 3 aromatic rings. The van der Waals surface area contributed by atoms with Gasteiger partial charge in [-0.3, -0.25) is 25.2 Å². The third-order valence-corrected chi connectivity index (χ3v) is 3.86.